The fourth-order valence-corrected chi connectivity index (χ4v) is 5.11. The van der Waals surface area contributed by atoms with Crippen LogP contribution in [0.1, 0.15) is 43.7 Å². The van der Waals surface area contributed by atoms with E-state index in [1.807, 2.05) is 12.1 Å². The Morgan fingerprint density at radius 1 is 1.21 bits per heavy atom. The maximum absolute atomic E-state index is 15.0. The lowest BCUT2D eigenvalue weighted by Crippen LogP contribution is -2.31. The standard InChI is InChI=1S/C25H28FN7O/c1-31(2)20-9-10-32(15-20)22-8-7-18(12-21(22)26)29-25-28-14-17-11-16(13-27)24(34)33(23(17)30-25)19-5-3-4-6-19/h7-8,11-12,14,19-20H,3-6,9-10,15H2,1-2H3,(H,28,29,30)/t20-/m0/s1. The Morgan fingerprint density at radius 3 is 2.68 bits per heavy atom. The predicted molar refractivity (Wildman–Crippen MR) is 130 cm³/mol. The minimum absolute atomic E-state index is 0.0224. The van der Waals surface area contributed by atoms with E-state index in [0.29, 0.717) is 28.5 Å². The lowest BCUT2D eigenvalue weighted by atomic mass is 10.2. The molecule has 2 aliphatic rings. The van der Waals surface area contributed by atoms with E-state index in [0.717, 1.165) is 45.2 Å². The number of nitriles is 1. The van der Waals surface area contributed by atoms with E-state index in [1.54, 1.807) is 22.9 Å². The monoisotopic (exact) mass is 461 g/mol. The van der Waals surface area contributed by atoms with Crippen molar-refractivity contribution in [1.82, 2.24) is 19.4 Å². The van der Waals surface area contributed by atoms with Crippen molar-refractivity contribution in [1.29, 1.82) is 5.26 Å². The third-order valence-electron chi connectivity index (χ3n) is 7.02. The van der Waals surface area contributed by atoms with E-state index in [2.05, 4.69) is 39.2 Å². The molecule has 8 nitrogen and oxygen atoms in total. The number of aromatic nitrogens is 3. The third-order valence-corrected chi connectivity index (χ3v) is 7.02. The van der Waals surface area contributed by atoms with Crippen LogP contribution in [0.5, 0.6) is 0 Å². The molecule has 1 N–H and O–H groups in total. The number of nitrogens with zero attached hydrogens (tertiary/aromatic N) is 6. The molecular weight excluding hydrogens is 433 g/mol. The van der Waals surface area contributed by atoms with Crippen molar-refractivity contribution in [3.63, 3.8) is 0 Å². The molecule has 0 unspecified atom stereocenters. The minimum atomic E-state index is -0.316. The number of nitrogens with one attached hydrogen (secondary N) is 1. The summed E-state index contributed by atoms with van der Waals surface area (Å²) >= 11 is 0. The molecular formula is C25H28FN7O. The minimum Gasteiger partial charge on any atom is -0.368 e. The molecule has 176 valence electrons. The molecule has 34 heavy (non-hydrogen) atoms. The largest absolute Gasteiger partial charge is 0.368 e. The summed E-state index contributed by atoms with van der Waals surface area (Å²) in [7, 11) is 4.10. The van der Waals surface area contributed by atoms with E-state index in [-0.39, 0.29) is 28.9 Å². The van der Waals surface area contributed by atoms with Gasteiger partial charge in [0.2, 0.25) is 5.95 Å². The van der Waals surface area contributed by atoms with Crippen molar-refractivity contribution in [2.75, 3.05) is 37.4 Å². The summed E-state index contributed by atoms with van der Waals surface area (Å²) in [5.41, 5.74) is 1.40. The molecule has 3 heterocycles. The molecule has 0 amide bonds. The Kier molecular flexibility index (Phi) is 5.92. The molecule has 0 spiro atoms. The van der Waals surface area contributed by atoms with Crippen LogP contribution in [0.3, 0.4) is 0 Å². The van der Waals surface area contributed by atoms with Crippen molar-refractivity contribution in [3.8, 4) is 6.07 Å². The van der Waals surface area contributed by atoms with E-state index in [1.165, 1.54) is 6.07 Å². The normalized spacial score (nSPS) is 18.7. The molecule has 3 aromatic rings. The molecule has 9 heteroatoms. The van der Waals surface area contributed by atoms with Crippen LogP contribution in [0, 0.1) is 17.1 Å². The zero-order valence-electron chi connectivity index (χ0n) is 19.5. The first-order chi connectivity index (χ1) is 16.4. The van der Waals surface area contributed by atoms with Gasteiger partial charge in [0.1, 0.15) is 23.1 Å². The molecule has 5 rings (SSSR count). The summed E-state index contributed by atoms with van der Waals surface area (Å²) in [5.74, 6) is -0.0175. The highest BCUT2D eigenvalue weighted by Crippen LogP contribution is 2.31. The number of hydrogen-bond acceptors (Lipinski definition) is 7. The van der Waals surface area contributed by atoms with Gasteiger partial charge in [0.05, 0.1) is 5.69 Å². The Labute approximate surface area is 197 Å². The number of hydrogen-bond donors (Lipinski definition) is 1. The van der Waals surface area contributed by atoms with Crippen LogP contribution >= 0.6 is 0 Å². The first-order valence-electron chi connectivity index (χ1n) is 11.7. The maximum atomic E-state index is 15.0. The molecule has 1 saturated heterocycles. The van der Waals surface area contributed by atoms with Crippen LogP contribution in [0.2, 0.25) is 0 Å². The van der Waals surface area contributed by atoms with Gasteiger partial charge in [-0.25, -0.2) is 9.37 Å². The van der Waals surface area contributed by atoms with E-state index in [9.17, 15) is 14.4 Å². The lowest BCUT2D eigenvalue weighted by Gasteiger charge is -2.22. The van der Waals surface area contributed by atoms with Crippen molar-refractivity contribution in [2.24, 2.45) is 0 Å². The molecule has 1 atom stereocenters. The molecule has 0 radical (unpaired) electrons. The van der Waals surface area contributed by atoms with E-state index in [4.69, 9.17) is 0 Å². The summed E-state index contributed by atoms with van der Waals surface area (Å²) in [5, 5.41) is 13.1. The summed E-state index contributed by atoms with van der Waals surface area (Å²) < 4.78 is 16.6. The fraction of sp³-hybridized carbons (Fsp3) is 0.440. The average Bonchev–Trinajstić information content (AvgIpc) is 3.51. The number of halogens is 1. The molecule has 2 aromatic heterocycles. The smallest absolute Gasteiger partial charge is 0.270 e. The second-order valence-corrected chi connectivity index (χ2v) is 9.40. The second kappa shape index (κ2) is 9.03. The first-order valence-corrected chi connectivity index (χ1v) is 11.7. The van der Waals surface area contributed by atoms with Crippen LogP contribution < -0.4 is 15.8 Å². The van der Waals surface area contributed by atoms with Crippen molar-refractivity contribution >= 4 is 28.4 Å². The molecule has 1 saturated carbocycles. The van der Waals surface area contributed by atoms with Gasteiger partial charge < -0.3 is 15.1 Å². The Hall–Kier alpha value is -3.51. The van der Waals surface area contributed by atoms with Gasteiger partial charge in [0.15, 0.2) is 0 Å². The molecule has 1 aliphatic carbocycles. The average molecular weight is 462 g/mol. The second-order valence-electron chi connectivity index (χ2n) is 9.40. The van der Waals surface area contributed by atoms with Crippen LogP contribution in [0.25, 0.3) is 11.0 Å². The maximum Gasteiger partial charge on any atom is 0.270 e. The highest BCUT2D eigenvalue weighted by molar-refractivity contribution is 5.77. The summed E-state index contributed by atoms with van der Waals surface area (Å²) in [6.45, 7) is 1.62. The Balaban J connectivity index is 1.44. The predicted octanol–water partition coefficient (Wildman–Crippen LogP) is 3.80. The fourth-order valence-electron chi connectivity index (χ4n) is 5.11. The van der Waals surface area contributed by atoms with Gasteiger partial charge in [-0.3, -0.25) is 9.36 Å². The number of fused-ring (bicyclic) bond motifs is 1. The number of likely N-dealkylation sites (N-methyl/N-ethyl adjacent to an activating group) is 1. The SMILES string of the molecule is CN(C)[C@H]1CCN(c2ccc(Nc3ncc4cc(C#N)c(=O)n(C5CCCC5)c4n3)cc2F)C1. The number of anilines is 3. The Morgan fingerprint density at radius 2 is 2.00 bits per heavy atom. The van der Waals surface area contributed by atoms with Gasteiger partial charge in [-0.05, 0) is 57.6 Å². The summed E-state index contributed by atoms with van der Waals surface area (Å²) in [6.07, 6.45) is 6.47. The molecule has 2 fully saturated rings. The number of benzene rings is 1. The van der Waals surface area contributed by atoms with Gasteiger partial charge in [0.25, 0.3) is 5.56 Å². The third kappa shape index (κ3) is 4.10. The molecule has 1 aromatic carbocycles. The van der Waals surface area contributed by atoms with E-state index >= 15 is 0 Å². The Bertz CT molecular complexity index is 1320. The van der Waals surface area contributed by atoms with Gasteiger partial charge in [-0.15, -0.1) is 0 Å². The molecule has 1 aliphatic heterocycles. The zero-order valence-corrected chi connectivity index (χ0v) is 19.5. The number of pyridine rings is 1. The van der Waals surface area contributed by atoms with Crippen LogP contribution in [0.4, 0.5) is 21.7 Å². The van der Waals surface area contributed by atoms with Crippen LogP contribution in [-0.4, -0.2) is 52.7 Å². The quantitative estimate of drug-likeness (QED) is 0.618. The van der Waals surface area contributed by atoms with Gasteiger partial charge in [0, 0.05) is 42.4 Å². The van der Waals surface area contributed by atoms with Crippen LogP contribution in [0.15, 0.2) is 35.3 Å². The van der Waals surface area contributed by atoms with Crippen molar-refractivity contribution < 1.29 is 4.39 Å². The zero-order chi connectivity index (χ0) is 23.8. The summed E-state index contributed by atoms with van der Waals surface area (Å²) in [4.78, 5) is 26.1. The van der Waals surface area contributed by atoms with E-state index < -0.39 is 0 Å². The highest BCUT2D eigenvalue weighted by Gasteiger charge is 2.26. The topological polar surface area (TPSA) is 90.1 Å². The van der Waals surface area contributed by atoms with Crippen LogP contribution in [-0.2, 0) is 0 Å². The molecule has 0 bridgehead atoms. The highest BCUT2D eigenvalue weighted by atomic mass is 19.1. The van der Waals surface area contributed by atoms with Gasteiger partial charge >= 0.3 is 0 Å². The van der Waals surface area contributed by atoms with Crippen molar-refractivity contribution in [2.45, 2.75) is 44.2 Å². The van der Waals surface area contributed by atoms with Gasteiger partial charge in [-0.2, -0.15) is 10.2 Å². The summed E-state index contributed by atoms with van der Waals surface area (Å²) in [6, 6.07) is 9.03. The first kappa shape index (κ1) is 22.3. The lowest BCUT2D eigenvalue weighted by molar-refractivity contribution is 0.315. The number of rotatable bonds is 5. The van der Waals surface area contributed by atoms with Gasteiger partial charge in [-0.1, -0.05) is 12.8 Å². The van der Waals surface area contributed by atoms with Crippen molar-refractivity contribution in [3.05, 3.63) is 52.2 Å².